The van der Waals surface area contributed by atoms with Crippen molar-refractivity contribution in [2.45, 2.75) is 26.9 Å². The van der Waals surface area contributed by atoms with Crippen LogP contribution in [0.25, 0.3) is 6.08 Å². The molecule has 0 bridgehead atoms. The van der Waals surface area contributed by atoms with Crippen LogP contribution in [0.15, 0.2) is 48.0 Å². The minimum absolute atomic E-state index is 0.00106. The van der Waals surface area contributed by atoms with Crippen molar-refractivity contribution in [1.29, 1.82) is 5.26 Å². The van der Waals surface area contributed by atoms with Crippen molar-refractivity contribution in [2.24, 2.45) is 0 Å². The molecule has 0 fully saturated rings. The highest BCUT2D eigenvalue weighted by Crippen LogP contribution is 2.30. The van der Waals surface area contributed by atoms with Gasteiger partial charge < -0.3 is 19.5 Å². The lowest BCUT2D eigenvalue weighted by atomic mass is 10.1. The molecular formula is C22H24N2O4. The first kappa shape index (κ1) is 20.8. The van der Waals surface area contributed by atoms with Crippen LogP contribution >= 0.6 is 0 Å². The second kappa shape index (κ2) is 10.0. The van der Waals surface area contributed by atoms with Crippen molar-refractivity contribution >= 4 is 17.7 Å². The minimum Gasteiger partial charge on any atom is -0.493 e. The average molecular weight is 380 g/mol. The van der Waals surface area contributed by atoms with Gasteiger partial charge in [0.25, 0.3) is 5.91 Å². The Balaban J connectivity index is 2.26. The maximum Gasteiger partial charge on any atom is 0.266 e. The molecule has 0 aromatic heterocycles. The standard InChI is InChI=1S/C22H24N2O4/c1-5-27-19-9-7-6-8-18(19)24-22(25)17(14-23)12-16-10-11-20(28-15(2)3)21(13-16)26-4/h6-13,15H,5H2,1-4H3,(H,24,25)/b17-12-. The SMILES string of the molecule is CCOc1ccccc1NC(=O)/C(C#N)=C\c1ccc(OC(C)C)c(OC)c1. The van der Waals surface area contributed by atoms with Gasteiger partial charge in [0.15, 0.2) is 11.5 Å². The molecule has 0 unspecified atom stereocenters. The number of para-hydroxylation sites is 2. The Labute approximate surface area is 165 Å². The highest BCUT2D eigenvalue weighted by Gasteiger charge is 2.13. The van der Waals surface area contributed by atoms with E-state index in [4.69, 9.17) is 14.2 Å². The summed E-state index contributed by atoms with van der Waals surface area (Å²) in [4.78, 5) is 12.6. The van der Waals surface area contributed by atoms with Gasteiger partial charge in [-0.1, -0.05) is 18.2 Å². The summed E-state index contributed by atoms with van der Waals surface area (Å²) in [5, 5.41) is 12.2. The van der Waals surface area contributed by atoms with E-state index in [0.29, 0.717) is 35.1 Å². The van der Waals surface area contributed by atoms with E-state index in [1.807, 2.05) is 32.9 Å². The molecule has 0 aliphatic heterocycles. The topological polar surface area (TPSA) is 80.6 Å². The molecule has 2 aromatic carbocycles. The summed E-state index contributed by atoms with van der Waals surface area (Å²) in [5.74, 6) is 1.16. The summed E-state index contributed by atoms with van der Waals surface area (Å²) >= 11 is 0. The lowest BCUT2D eigenvalue weighted by Crippen LogP contribution is -2.14. The van der Waals surface area contributed by atoms with E-state index >= 15 is 0 Å². The number of hydrogen-bond acceptors (Lipinski definition) is 5. The van der Waals surface area contributed by atoms with Crippen LogP contribution in [-0.2, 0) is 4.79 Å². The first-order valence-corrected chi connectivity index (χ1v) is 8.98. The van der Waals surface area contributed by atoms with Crippen LogP contribution in [0.5, 0.6) is 17.2 Å². The van der Waals surface area contributed by atoms with Crippen molar-refractivity contribution in [3.8, 4) is 23.3 Å². The zero-order valence-electron chi connectivity index (χ0n) is 16.5. The second-order valence-corrected chi connectivity index (χ2v) is 6.13. The Bertz CT molecular complexity index is 898. The molecule has 0 atom stereocenters. The Morgan fingerprint density at radius 1 is 1.18 bits per heavy atom. The minimum atomic E-state index is -0.517. The van der Waals surface area contributed by atoms with Crippen LogP contribution < -0.4 is 19.5 Å². The van der Waals surface area contributed by atoms with Gasteiger partial charge in [-0.2, -0.15) is 5.26 Å². The number of ether oxygens (including phenoxy) is 3. The number of carbonyl (C=O) groups is 1. The van der Waals surface area contributed by atoms with Gasteiger partial charge in [0.2, 0.25) is 0 Å². The highest BCUT2D eigenvalue weighted by molar-refractivity contribution is 6.10. The lowest BCUT2D eigenvalue weighted by Gasteiger charge is -2.14. The predicted molar refractivity (Wildman–Crippen MR) is 109 cm³/mol. The quantitative estimate of drug-likeness (QED) is 0.541. The van der Waals surface area contributed by atoms with Gasteiger partial charge in [-0.15, -0.1) is 0 Å². The van der Waals surface area contributed by atoms with Gasteiger partial charge in [-0.3, -0.25) is 4.79 Å². The van der Waals surface area contributed by atoms with Crippen LogP contribution in [0, 0.1) is 11.3 Å². The fourth-order valence-corrected chi connectivity index (χ4v) is 2.48. The summed E-state index contributed by atoms with van der Waals surface area (Å²) in [5.41, 5.74) is 1.12. The molecule has 0 saturated heterocycles. The number of nitrogens with one attached hydrogen (secondary N) is 1. The van der Waals surface area contributed by atoms with E-state index in [2.05, 4.69) is 5.32 Å². The largest absolute Gasteiger partial charge is 0.493 e. The molecule has 1 amide bonds. The molecule has 0 aliphatic carbocycles. The molecule has 146 valence electrons. The highest BCUT2D eigenvalue weighted by atomic mass is 16.5. The van der Waals surface area contributed by atoms with Gasteiger partial charge in [0.1, 0.15) is 17.4 Å². The summed E-state index contributed by atoms with van der Waals surface area (Å²) in [6.07, 6.45) is 1.50. The van der Waals surface area contributed by atoms with Gasteiger partial charge >= 0.3 is 0 Å². The van der Waals surface area contributed by atoms with Crippen molar-refractivity contribution in [1.82, 2.24) is 0 Å². The Kier molecular flexibility index (Phi) is 7.46. The Morgan fingerprint density at radius 3 is 2.57 bits per heavy atom. The summed E-state index contributed by atoms with van der Waals surface area (Å²) in [6, 6.07) is 14.3. The number of nitrogens with zero attached hydrogens (tertiary/aromatic N) is 1. The fraction of sp³-hybridized carbons (Fsp3) is 0.273. The average Bonchev–Trinajstić information content (AvgIpc) is 2.68. The van der Waals surface area contributed by atoms with Gasteiger partial charge in [0.05, 0.1) is 25.5 Å². The second-order valence-electron chi connectivity index (χ2n) is 6.13. The van der Waals surface area contributed by atoms with Crippen LogP contribution in [0.1, 0.15) is 26.3 Å². The van der Waals surface area contributed by atoms with Crippen molar-refractivity contribution < 1.29 is 19.0 Å². The Morgan fingerprint density at radius 2 is 1.93 bits per heavy atom. The van der Waals surface area contributed by atoms with Crippen LogP contribution in [-0.4, -0.2) is 25.7 Å². The third-order valence-corrected chi connectivity index (χ3v) is 3.66. The number of carbonyl (C=O) groups excluding carboxylic acids is 1. The van der Waals surface area contributed by atoms with Gasteiger partial charge in [0, 0.05) is 0 Å². The van der Waals surface area contributed by atoms with Crippen LogP contribution in [0.4, 0.5) is 5.69 Å². The molecule has 0 aliphatic rings. The number of benzene rings is 2. The van der Waals surface area contributed by atoms with Crippen LogP contribution in [0.3, 0.4) is 0 Å². The molecule has 6 nitrogen and oxygen atoms in total. The molecule has 28 heavy (non-hydrogen) atoms. The number of anilines is 1. The van der Waals surface area contributed by atoms with E-state index in [1.165, 1.54) is 6.08 Å². The summed E-state index contributed by atoms with van der Waals surface area (Å²) < 4.78 is 16.5. The van der Waals surface area contributed by atoms with E-state index in [1.54, 1.807) is 43.5 Å². The maximum atomic E-state index is 12.6. The molecular weight excluding hydrogens is 356 g/mol. The number of amides is 1. The summed E-state index contributed by atoms with van der Waals surface area (Å²) in [6.45, 7) is 6.18. The first-order chi connectivity index (χ1) is 13.5. The smallest absolute Gasteiger partial charge is 0.266 e. The van der Waals surface area contributed by atoms with Crippen molar-refractivity contribution in [3.63, 3.8) is 0 Å². The van der Waals surface area contributed by atoms with Gasteiger partial charge in [-0.05, 0) is 56.7 Å². The van der Waals surface area contributed by atoms with Gasteiger partial charge in [-0.25, -0.2) is 0 Å². The molecule has 0 spiro atoms. The molecule has 2 rings (SSSR count). The maximum absolute atomic E-state index is 12.6. The molecule has 0 saturated carbocycles. The van der Waals surface area contributed by atoms with E-state index in [9.17, 15) is 10.1 Å². The zero-order chi connectivity index (χ0) is 20.5. The number of hydrogen-bond donors (Lipinski definition) is 1. The molecule has 1 N–H and O–H groups in total. The van der Waals surface area contributed by atoms with E-state index in [0.717, 1.165) is 0 Å². The third-order valence-electron chi connectivity index (χ3n) is 3.66. The van der Waals surface area contributed by atoms with E-state index in [-0.39, 0.29) is 11.7 Å². The molecule has 0 radical (unpaired) electrons. The summed E-state index contributed by atoms with van der Waals surface area (Å²) in [7, 11) is 1.54. The van der Waals surface area contributed by atoms with Crippen molar-refractivity contribution in [3.05, 3.63) is 53.6 Å². The van der Waals surface area contributed by atoms with Crippen LogP contribution in [0.2, 0.25) is 0 Å². The lowest BCUT2D eigenvalue weighted by molar-refractivity contribution is -0.112. The first-order valence-electron chi connectivity index (χ1n) is 8.98. The monoisotopic (exact) mass is 380 g/mol. The molecule has 2 aromatic rings. The van der Waals surface area contributed by atoms with E-state index < -0.39 is 5.91 Å². The fourth-order valence-electron chi connectivity index (χ4n) is 2.48. The molecule has 0 heterocycles. The predicted octanol–water partition coefficient (Wildman–Crippen LogP) is 4.43. The number of rotatable bonds is 8. The number of methoxy groups -OCH3 is 1. The van der Waals surface area contributed by atoms with Crippen molar-refractivity contribution in [2.75, 3.05) is 19.0 Å². The molecule has 6 heteroatoms. The third kappa shape index (κ3) is 5.52. The normalized spacial score (nSPS) is 10.9. The number of nitriles is 1. The Hall–Kier alpha value is -3.46. The zero-order valence-corrected chi connectivity index (χ0v) is 16.5.